The van der Waals surface area contributed by atoms with Gasteiger partial charge in [0.05, 0.1) is 17.2 Å². The van der Waals surface area contributed by atoms with Gasteiger partial charge in [0, 0.05) is 9.79 Å². The van der Waals surface area contributed by atoms with Crippen molar-refractivity contribution in [3.8, 4) is 22.3 Å². The predicted molar refractivity (Wildman–Crippen MR) is 236 cm³/mol. The molecule has 57 heavy (non-hydrogen) atoms. The summed E-state index contributed by atoms with van der Waals surface area (Å²) in [5.74, 6) is 0. The molecule has 0 bridgehead atoms. The number of benzene rings is 9. The smallest absolute Gasteiger partial charge is 0.126 e. The lowest BCUT2D eigenvalue weighted by Gasteiger charge is -2.39. The van der Waals surface area contributed by atoms with Crippen LogP contribution in [0.2, 0.25) is 0 Å². The third-order valence-corrected chi connectivity index (χ3v) is 13.6. The van der Waals surface area contributed by atoms with E-state index in [4.69, 9.17) is 4.99 Å². The lowest BCUT2D eigenvalue weighted by atomic mass is 9.67. The predicted octanol–water partition coefficient (Wildman–Crippen LogP) is 13.3. The molecule has 2 unspecified atom stereocenters. The minimum atomic E-state index is -0.395. The molecular weight excluding hydrogens is 709 g/mol. The minimum absolute atomic E-state index is 0.0737. The van der Waals surface area contributed by atoms with Crippen molar-refractivity contribution in [2.45, 2.75) is 27.4 Å². The highest BCUT2D eigenvalue weighted by Gasteiger charge is 2.50. The largest absolute Gasteiger partial charge is 0.280 e. The molecule has 0 radical (unpaired) electrons. The zero-order chi connectivity index (χ0) is 37.5. The highest BCUT2D eigenvalue weighted by molar-refractivity contribution is 7.99. The summed E-state index contributed by atoms with van der Waals surface area (Å²) < 4.78 is 0. The fraction of sp³-hybridized carbons (Fsp3) is 0.0556. The quantitative estimate of drug-likeness (QED) is 0.194. The Bertz CT molecular complexity index is 3050. The van der Waals surface area contributed by atoms with Gasteiger partial charge in [-0.1, -0.05) is 194 Å². The van der Waals surface area contributed by atoms with Gasteiger partial charge in [0.15, 0.2) is 0 Å². The summed E-state index contributed by atoms with van der Waals surface area (Å²) in [7, 11) is 0. The number of rotatable bonds is 4. The molecule has 268 valence electrons. The molecular formula is C54H36N2S. The van der Waals surface area contributed by atoms with E-state index in [2.05, 4.69) is 206 Å². The first-order valence-electron chi connectivity index (χ1n) is 19.8. The van der Waals surface area contributed by atoms with Gasteiger partial charge in [-0.3, -0.25) is 10.3 Å². The summed E-state index contributed by atoms with van der Waals surface area (Å²) in [5, 5.41) is 8.91. The van der Waals surface area contributed by atoms with Gasteiger partial charge in [-0.05, 0) is 101 Å². The molecule has 0 fully saturated rings. The van der Waals surface area contributed by atoms with Crippen LogP contribution in [-0.2, 0) is 5.41 Å². The van der Waals surface area contributed by atoms with Crippen LogP contribution in [0.5, 0.6) is 0 Å². The number of hydrogen-bond acceptors (Lipinski definition) is 3. The summed E-state index contributed by atoms with van der Waals surface area (Å²) in [6.45, 7) is 0. The molecule has 9 aromatic carbocycles. The van der Waals surface area contributed by atoms with E-state index in [1.165, 1.54) is 87.0 Å². The van der Waals surface area contributed by atoms with Crippen molar-refractivity contribution in [3.63, 3.8) is 0 Å². The van der Waals surface area contributed by atoms with Crippen molar-refractivity contribution >= 4 is 39.0 Å². The number of hydrogen-bond donors (Lipinski definition) is 1. The van der Waals surface area contributed by atoms with Crippen LogP contribution in [-0.4, -0.2) is 5.71 Å². The first-order valence-corrected chi connectivity index (χ1v) is 20.6. The van der Waals surface area contributed by atoms with Crippen LogP contribution < -0.4 is 5.32 Å². The Morgan fingerprint density at radius 2 is 1.05 bits per heavy atom. The van der Waals surface area contributed by atoms with Crippen LogP contribution >= 0.6 is 11.8 Å². The standard InChI is InChI=1S/C54H36N2S/c1-2-15-38-33-39(32-27-34(38)13-1)53-55-51(52(56-53)42-20-11-16-35-14-3-4-17-40(35)42)37-30-28-36(29-31-37)41-19-12-24-47-50(41)43-18-5-6-21-44(43)54(47)45-22-7-9-25-48(45)57-49-26-10-8-23-46(49)54/h1-33,52-53,56H. The molecule has 2 aliphatic heterocycles. The summed E-state index contributed by atoms with van der Waals surface area (Å²) in [5.41, 5.74) is 14.7. The van der Waals surface area contributed by atoms with E-state index in [1.807, 2.05) is 11.8 Å². The lowest BCUT2D eigenvalue weighted by molar-refractivity contribution is 0.576. The van der Waals surface area contributed by atoms with Gasteiger partial charge in [-0.15, -0.1) is 0 Å². The van der Waals surface area contributed by atoms with E-state index in [0.717, 1.165) is 11.3 Å². The van der Waals surface area contributed by atoms with E-state index in [1.54, 1.807) is 0 Å². The second kappa shape index (κ2) is 12.8. The second-order valence-electron chi connectivity index (χ2n) is 15.4. The maximum atomic E-state index is 5.49. The Labute approximate surface area is 336 Å². The summed E-state index contributed by atoms with van der Waals surface area (Å²) in [4.78, 5) is 8.14. The number of fused-ring (bicyclic) bond motifs is 11. The summed E-state index contributed by atoms with van der Waals surface area (Å²) in [6, 6.07) is 73.8. The summed E-state index contributed by atoms with van der Waals surface area (Å²) in [6.07, 6.45) is -0.169. The van der Waals surface area contributed by atoms with Gasteiger partial charge >= 0.3 is 0 Å². The highest BCUT2D eigenvalue weighted by Crippen LogP contribution is 2.63. The van der Waals surface area contributed by atoms with Crippen molar-refractivity contribution in [1.82, 2.24) is 5.32 Å². The molecule has 12 rings (SSSR count). The van der Waals surface area contributed by atoms with Crippen LogP contribution in [0.15, 0.2) is 215 Å². The first-order chi connectivity index (χ1) is 28.3. The van der Waals surface area contributed by atoms with E-state index in [0.29, 0.717) is 0 Å². The lowest BCUT2D eigenvalue weighted by Crippen LogP contribution is -2.31. The second-order valence-corrected chi connectivity index (χ2v) is 16.5. The molecule has 1 spiro atoms. The first kappa shape index (κ1) is 32.7. The molecule has 2 atom stereocenters. The number of nitrogens with one attached hydrogen (secondary N) is 1. The molecule has 2 nitrogen and oxygen atoms in total. The maximum Gasteiger partial charge on any atom is 0.126 e. The van der Waals surface area contributed by atoms with Crippen LogP contribution in [0.3, 0.4) is 0 Å². The van der Waals surface area contributed by atoms with Gasteiger partial charge in [0.1, 0.15) is 6.17 Å². The Kier molecular flexibility index (Phi) is 7.32. The number of nitrogens with zero attached hydrogens (tertiary/aromatic N) is 1. The fourth-order valence-electron chi connectivity index (χ4n) is 9.98. The van der Waals surface area contributed by atoms with Crippen LogP contribution in [0.1, 0.15) is 51.2 Å². The molecule has 3 aliphatic rings. The SMILES string of the molecule is c1ccc2c(c1)Sc1ccccc1C21c2ccccc2-c2c(-c3ccc(C4=NC(c5ccc6ccccc6c5)NC4c4cccc5ccccc45)cc3)cccc21. The molecule has 1 N–H and O–H groups in total. The molecule has 9 aromatic rings. The Morgan fingerprint density at radius 1 is 0.456 bits per heavy atom. The Balaban J connectivity index is 1.00. The van der Waals surface area contributed by atoms with Crippen molar-refractivity contribution in [1.29, 1.82) is 0 Å². The van der Waals surface area contributed by atoms with Crippen molar-refractivity contribution in [3.05, 3.63) is 239 Å². The van der Waals surface area contributed by atoms with Gasteiger partial charge < -0.3 is 0 Å². The van der Waals surface area contributed by atoms with Crippen molar-refractivity contribution in [2.24, 2.45) is 4.99 Å². The molecule has 0 saturated heterocycles. The Hall–Kier alpha value is -6.52. The van der Waals surface area contributed by atoms with Gasteiger partial charge in [0.25, 0.3) is 0 Å². The highest BCUT2D eigenvalue weighted by atomic mass is 32.2. The monoisotopic (exact) mass is 744 g/mol. The third-order valence-electron chi connectivity index (χ3n) is 12.5. The van der Waals surface area contributed by atoms with Gasteiger partial charge in [-0.25, -0.2) is 0 Å². The van der Waals surface area contributed by atoms with Gasteiger partial charge in [0.2, 0.25) is 0 Å². The normalized spacial score (nSPS) is 17.2. The van der Waals surface area contributed by atoms with Crippen LogP contribution in [0.4, 0.5) is 0 Å². The molecule has 0 aromatic heterocycles. The molecule has 2 heterocycles. The average molecular weight is 745 g/mol. The minimum Gasteiger partial charge on any atom is -0.280 e. The van der Waals surface area contributed by atoms with Crippen LogP contribution in [0.25, 0.3) is 43.8 Å². The molecule has 3 heteroatoms. The zero-order valence-electron chi connectivity index (χ0n) is 31.1. The van der Waals surface area contributed by atoms with Gasteiger partial charge in [-0.2, -0.15) is 0 Å². The Morgan fingerprint density at radius 3 is 1.86 bits per heavy atom. The zero-order valence-corrected chi connectivity index (χ0v) is 31.9. The topological polar surface area (TPSA) is 24.4 Å². The molecule has 0 amide bonds. The van der Waals surface area contributed by atoms with E-state index >= 15 is 0 Å². The maximum absolute atomic E-state index is 5.49. The molecule has 1 aliphatic carbocycles. The fourth-order valence-corrected chi connectivity index (χ4v) is 11.2. The molecule has 0 saturated carbocycles. The van der Waals surface area contributed by atoms with Crippen LogP contribution in [0, 0.1) is 0 Å². The number of aliphatic imine (C=N–C) groups is 1. The van der Waals surface area contributed by atoms with Crippen molar-refractivity contribution < 1.29 is 0 Å². The average Bonchev–Trinajstić information content (AvgIpc) is 3.85. The van der Waals surface area contributed by atoms with E-state index < -0.39 is 5.41 Å². The summed E-state index contributed by atoms with van der Waals surface area (Å²) >= 11 is 1.89. The van der Waals surface area contributed by atoms with E-state index in [-0.39, 0.29) is 12.2 Å². The van der Waals surface area contributed by atoms with E-state index in [9.17, 15) is 0 Å². The van der Waals surface area contributed by atoms with Crippen molar-refractivity contribution in [2.75, 3.05) is 0 Å². The third kappa shape index (κ3) is 4.86.